The zero-order valence-electron chi connectivity index (χ0n) is 8.39. The first-order chi connectivity index (χ1) is 5.52. The maximum absolute atomic E-state index is 10.2. The molecule has 0 saturated carbocycles. The van der Waals surface area contributed by atoms with Crippen molar-refractivity contribution in [1.82, 2.24) is 0 Å². The average molecular weight is 170 g/mol. The van der Waals surface area contributed by atoms with Gasteiger partial charge in [-0.1, -0.05) is 6.08 Å². The van der Waals surface area contributed by atoms with Crippen molar-refractivity contribution in [3.05, 3.63) is 11.6 Å². The highest BCUT2D eigenvalue weighted by Gasteiger charge is 2.14. The first-order valence-electron chi connectivity index (χ1n) is 4.19. The van der Waals surface area contributed by atoms with E-state index in [4.69, 9.17) is 4.74 Å². The summed E-state index contributed by atoms with van der Waals surface area (Å²) in [6.45, 7) is 5.89. The second-order valence-electron chi connectivity index (χ2n) is 3.57. The molecule has 0 rings (SSSR count). The molecule has 0 aromatic carbocycles. The Morgan fingerprint density at radius 3 is 2.50 bits per heavy atom. The molecule has 0 aliphatic carbocycles. The van der Waals surface area contributed by atoms with E-state index in [1.54, 1.807) is 7.11 Å². The van der Waals surface area contributed by atoms with Crippen LogP contribution in [-0.2, 0) is 9.53 Å². The van der Waals surface area contributed by atoms with Gasteiger partial charge in [0.05, 0.1) is 5.60 Å². The van der Waals surface area contributed by atoms with Gasteiger partial charge in [0, 0.05) is 7.11 Å². The fourth-order valence-electron chi connectivity index (χ4n) is 0.798. The Hall–Kier alpha value is -0.630. The lowest BCUT2D eigenvalue weighted by Crippen LogP contribution is -2.21. The summed E-state index contributed by atoms with van der Waals surface area (Å²) in [5.74, 6) is 0. The number of carbonyl (C=O) groups is 1. The number of methoxy groups -OCH3 is 1. The van der Waals surface area contributed by atoms with Gasteiger partial charge in [0.1, 0.15) is 6.29 Å². The van der Waals surface area contributed by atoms with Crippen LogP contribution in [0.2, 0.25) is 0 Å². The molecule has 0 atom stereocenters. The van der Waals surface area contributed by atoms with Crippen molar-refractivity contribution < 1.29 is 9.53 Å². The lowest BCUT2D eigenvalue weighted by atomic mass is 10.0. The number of hydrogen-bond donors (Lipinski definition) is 0. The van der Waals surface area contributed by atoms with Crippen molar-refractivity contribution in [1.29, 1.82) is 0 Å². The molecule has 0 bridgehead atoms. The molecule has 0 N–H and O–H groups in total. The van der Waals surface area contributed by atoms with Gasteiger partial charge in [-0.3, -0.25) is 4.79 Å². The van der Waals surface area contributed by atoms with Crippen molar-refractivity contribution in [2.24, 2.45) is 0 Å². The summed E-state index contributed by atoms with van der Waals surface area (Å²) in [6.07, 6.45) is 4.65. The van der Waals surface area contributed by atoms with E-state index in [1.807, 2.05) is 26.8 Å². The summed E-state index contributed by atoms with van der Waals surface area (Å²) in [4.78, 5) is 10.2. The molecule has 70 valence electrons. The quantitative estimate of drug-likeness (QED) is 0.467. The number of carbonyl (C=O) groups excluding carboxylic acids is 1. The van der Waals surface area contributed by atoms with Crippen LogP contribution in [0, 0.1) is 0 Å². The van der Waals surface area contributed by atoms with Crippen LogP contribution >= 0.6 is 0 Å². The highest BCUT2D eigenvalue weighted by Crippen LogP contribution is 2.15. The highest BCUT2D eigenvalue weighted by molar-refractivity contribution is 5.71. The van der Waals surface area contributed by atoms with Crippen molar-refractivity contribution in [3.8, 4) is 0 Å². The van der Waals surface area contributed by atoms with Crippen LogP contribution < -0.4 is 0 Å². The molecule has 0 heterocycles. The van der Waals surface area contributed by atoms with E-state index in [0.717, 1.165) is 24.7 Å². The maximum atomic E-state index is 10.2. The molecule has 0 fully saturated rings. The monoisotopic (exact) mass is 170 g/mol. The van der Waals surface area contributed by atoms with Crippen LogP contribution in [-0.4, -0.2) is 19.0 Å². The molecule has 0 saturated heterocycles. The first-order valence-corrected chi connectivity index (χ1v) is 4.19. The number of ether oxygens (including phenoxy) is 1. The number of aldehydes is 1. The van der Waals surface area contributed by atoms with Gasteiger partial charge < -0.3 is 4.74 Å². The zero-order chi connectivity index (χ0) is 9.61. The molecule has 2 nitrogen and oxygen atoms in total. The molecule has 0 spiro atoms. The Morgan fingerprint density at radius 2 is 2.08 bits per heavy atom. The van der Waals surface area contributed by atoms with E-state index in [1.165, 1.54) is 0 Å². The van der Waals surface area contributed by atoms with Crippen molar-refractivity contribution >= 4 is 6.29 Å². The second kappa shape index (κ2) is 5.09. The summed E-state index contributed by atoms with van der Waals surface area (Å²) in [6, 6.07) is 0. The Labute approximate surface area is 74.6 Å². The van der Waals surface area contributed by atoms with Gasteiger partial charge in [0.15, 0.2) is 0 Å². The second-order valence-corrected chi connectivity index (χ2v) is 3.57. The minimum Gasteiger partial charge on any atom is -0.379 e. The van der Waals surface area contributed by atoms with E-state index >= 15 is 0 Å². The van der Waals surface area contributed by atoms with Crippen molar-refractivity contribution in [2.45, 2.75) is 39.2 Å². The van der Waals surface area contributed by atoms with E-state index in [0.29, 0.717) is 0 Å². The molecule has 12 heavy (non-hydrogen) atoms. The van der Waals surface area contributed by atoms with Crippen LogP contribution in [0.4, 0.5) is 0 Å². The van der Waals surface area contributed by atoms with Crippen LogP contribution in [0.25, 0.3) is 0 Å². The molecule has 0 aliphatic heterocycles. The maximum Gasteiger partial charge on any atom is 0.145 e. The largest absolute Gasteiger partial charge is 0.379 e. The molecule has 0 radical (unpaired) electrons. The minimum absolute atomic E-state index is 0.0837. The normalized spacial score (nSPS) is 13.2. The van der Waals surface area contributed by atoms with Gasteiger partial charge in [-0.2, -0.15) is 0 Å². The number of rotatable bonds is 5. The summed E-state index contributed by atoms with van der Waals surface area (Å²) >= 11 is 0. The van der Waals surface area contributed by atoms with Gasteiger partial charge >= 0.3 is 0 Å². The van der Waals surface area contributed by atoms with Crippen LogP contribution in [0.15, 0.2) is 11.6 Å². The van der Waals surface area contributed by atoms with Crippen LogP contribution in [0.3, 0.4) is 0 Å². The SMILES string of the molecule is COC(C)(C)CCC=C(C)C=O. The smallest absolute Gasteiger partial charge is 0.145 e. The predicted octanol–water partition coefficient (Wildman–Crippen LogP) is 2.34. The fourth-order valence-corrected chi connectivity index (χ4v) is 0.798. The number of hydrogen-bond acceptors (Lipinski definition) is 2. The Balaban J connectivity index is 3.76. The molecule has 2 heteroatoms. The minimum atomic E-state index is -0.0837. The summed E-state index contributed by atoms with van der Waals surface area (Å²) in [5, 5.41) is 0. The summed E-state index contributed by atoms with van der Waals surface area (Å²) < 4.78 is 5.24. The molecule has 0 aromatic heterocycles. The van der Waals surface area contributed by atoms with Gasteiger partial charge in [0.25, 0.3) is 0 Å². The van der Waals surface area contributed by atoms with Gasteiger partial charge in [-0.15, -0.1) is 0 Å². The fraction of sp³-hybridized carbons (Fsp3) is 0.700. The average Bonchev–Trinajstić information content (AvgIpc) is 2.04. The topological polar surface area (TPSA) is 26.3 Å². The lowest BCUT2D eigenvalue weighted by molar-refractivity contribution is -0.104. The standard InChI is InChI=1S/C10H18O2/c1-9(8-11)6-5-7-10(2,3)12-4/h6,8H,5,7H2,1-4H3. The van der Waals surface area contributed by atoms with Gasteiger partial charge in [0.2, 0.25) is 0 Å². The van der Waals surface area contributed by atoms with Gasteiger partial charge in [-0.25, -0.2) is 0 Å². The van der Waals surface area contributed by atoms with Crippen molar-refractivity contribution in [3.63, 3.8) is 0 Å². The van der Waals surface area contributed by atoms with Gasteiger partial charge in [-0.05, 0) is 39.2 Å². The first kappa shape index (κ1) is 11.4. The van der Waals surface area contributed by atoms with Crippen LogP contribution in [0.1, 0.15) is 33.6 Å². The molecule has 0 aromatic rings. The summed E-state index contributed by atoms with van der Waals surface area (Å²) in [7, 11) is 1.70. The third-order valence-corrected chi connectivity index (χ3v) is 1.95. The Bertz CT molecular complexity index is 169. The lowest BCUT2D eigenvalue weighted by Gasteiger charge is -2.21. The third kappa shape index (κ3) is 5.08. The molecule has 0 aliphatic rings. The van der Waals surface area contributed by atoms with Crippen LogP contribution in [0.5, 0.6) is 0 Å². The zero-order valence-corrected chi connectivity index (χ0v) is 8.39. The van der Waals surface area contributed by atoms with E-state index in [2.05, 4.69) is 0 Å². The summed E-state index contributed by atoms with van der Waals surface area (Å²) in [5.41, 5.74) is 0.710. The Kier molecular flexibility index (Phi) is 4.83. The Morgan fingerprint density at radius 1 is 1.50 bits per heavy atom. The number of allylic oxidation sites excluding steroid dienone is 2. The van der Waals surface area contributed by atoms with E-state index in [-0.39, 0.29) is 5.60 Å². The van der Waals surface area contributed by atoms with Crippen molar-refractivity contribution in [2.75, 3.05) is 7.11 Å². The van der Waals surface area contributed by atoms with E-state index in [9.17, 15) is 4.79 Å². The molecule has 0 amide bonds. The van der Waals surface area contributed by atoms with E-state index < -0.39 is 0 Å². The molecule has 0 unspecified atom stereocenters. The molecular formula is C10H18O2. The third-order valence-electron chi connectivity index (χ3n) is 1.95. The predicted molar refractivity (Wildman–Crippen MR) is 50.1 cm³/mol. The highest BCUT2D eigenvalue weighted by atomic mass is 16.5. The molecular weight excluding hydrogens is 152 g/mol.